The highest BCUT2D eigenvalue weighted by molar-refractivity contribution is 6.08. The molecule has 0 bridgehead atoms. The second-order valence-corrected chi connectivity index (χ2v) is 4.89. The van der Waals surface area contributed by atoms with Gasteiger partial charge in [-0.15, -0.1) is 0 Å². The van der Waals surface area contributed by atoms with Crippen LogP contribution in [0.25, 0.3) is 21.8 Å². The van der Waals surface area contributed by atoms with Crippen LogP contribution in [0.4, 0.5) is 8.78 Å². The third-order valence-corrected chi connectivity index (χ3v) is 3.58. The summed E-state index contributed by atoms with van der Waals surface area (Å²) in [6.07, 6.45) is 0.158. The molecule has 2 heterocycles. The van der Waals surface area contributed by atoms with Crippen molar-refractivity contribution in [3.05, 3.63) is 48.0 Å². The summed E-state index contributed by atoms with van der Waals surface area (Å²) < 4.78 is 34.1. The predicted octanol–water partition coefficient (Wildman–Crippen LogP) is 3.47. The molecule has 0 amide bonds. The molecule has 3 aromatic rings. The zero-order valence-electron chi connectivity index (χ0n) is 10.1. The molecular formula is C15H11F2NO. The Morgan fingerprint density at radius 1 is 1.00 bits per heavy atom. The summed E-state index contributed by atoms with van der Waals surface area (Å²) in [5, 5.41) is 1.88. The Bertz CT molecular complexity index is 730. The maximum Gasteiger partial charge on any atom is 0.125 e. The summed E-state index contributed by atoms with van der Waals surface area (Å²) in [6, 6.07) is 9.35. The normalized spacial score (nSPS) is 18.3. The first-order valence-electron chi connectivity index (χ1n) is 6.21. The van der Waals surface area contributed by atoms with E-state index in [4.69, 9.17) is 4.74 Å². The second-order valence-electron chi connectivity index (χ2n) is 4.89. The Morgan fingerprint density at radius 2 is 1.53 bits per heavy atom. The van der Waals surface area contributed by atoms with E-state index in [0.29, 0.717) is 13.2 Å². The van der Waals surface area contributed by atoms with Crippen LogP contribution in [0.15, 0.2) is 36.4 Å². The van der Waals surface area contributed by atoms with Crippen molar-refractivity contribution in [1.82, 2.24) is 4.57 Å². The number of fused-ring (bicyclic) bond motifs is 3. The van der Waals surface area contributed by atoms with E-state index in [1.165, 1.54) is 24.3 Å². The van der Waals surface area contributed by atoms with Gasteiger partial charge in [-0.2, -0.15) is 0 Å². The molecule has 1 fully saturated rings. The smallest absolute Gasteiger partial charge is 0.125 e. The van der Waals surface area contributed by atoms with Crippen LogP contribution in [0, 0.1) is 11.6 Å². The average molecular weight is 259 g/mol. The Balaban J connectivity index is 2.10. The number of benzene rings is 2. The molecule has 4 rings (SSSR count). The lowest BCUT2D eigenvalue weighted by Crippen LogP contribution is -2.03. The van der Waals surface area contributed by atoms with Gasteiger partial charge < -0.3 is 9.30 Å². The van der Waals surface area contributed by atoms with Crippen molar-refractivity contribution in [1.29, 1.82) is 0 Å². The fourth-order valence-corrected chi connectivity index (χ4v) is 2.62. The highest BCUT2D eigenvalue weighted by Crippen LogP contribution is 2.31. The molecule has 4 heteroatoms. The number of nitrogens with zero attached hydrogens (tertiary/aromatic N) is 1. The van der Waals surface area contributed by atoms with Crippen molar-refractivity contribution in [3.63, 3.8) is 0 Å². The van der Waals surface area contributed by atoms with Gasteiger partial charge in [0.15, 0.2) is 0 Å². The molecule has 1 atom stereocenters. The van der Waals surface area contributed by atoms with Gasteiger partial charge in [0.1, 0.15) is 11.6 Å². The van der Waals surface area contributed by atoms with Crippen molar-refractivity contribution in [2.45, 2.75) is 12.6 Å². The Labute approximate surface area is 108 Å². The lowest BCUT2D eigenvalue weighted by atomic mass is 10.1. The largest absolute Gasteiger partial charge is 0.371 e. The van der Waals surface area contributed by atoms with E-state index in [1.807, 2.05) is 4.57 Å². The number of ether oxygens (including phenoxy) is 1. The van der Waals surface area contributed by atoms with Crippen LogP contribution in [0.3, 0.4) is 0 Å². The quantitative estimate of drug-likeness (QED) is 0.644. The van der Waals surface area contributed by atoms with Gasteiger partial charge in [0, 0.05) is 10.8 Å². The van der Waals surface area contributed by atoms with Gasteiger partial charge in [-0.05, 0) is 36.4 Å². The molecule has 96 valence electrons. The first-order valence-corrected chi connectivity index (χ1v) is 6.21. The number of hydrogen-bond acceptors (Lipinski definition) is 1. The molecule has 1 unspecified atom stereocenters. The highest BCUT2D eigenvalue weighted by atomic mass is 19.1. The van der Waals surface area contributed by atoms with Crippen molar-refractivity contribution >= 4 is 21.8 Å². The SMILES string of the molecule is Fc1ccc2c3ccc(F)cc3n(CC3CO3)c2c1. The summed E-state index contributed by atoms with van der Waals surface area (Å²) >= 11 is 0. The Hall–Kier alpha value is -1.94. The molecule has 0 radical (unpaired) electrons. The fourth-order valence-electron chi connectivity index (χ4n) is 2.62. The van der Waals surface area contributed by atoms with Gasteiger partial charge in [0.2, 0.25) is 0 Å². The molecule has 2 aromatic carbocycles. The molecule has 1 aliphatic heterocycles. The molecular weight excluding hydrogens is 248 g/mol. The minimum atomic E-state index is -0.284. The second kappa shape index (κ2) is 3.78. The summed E-state index contributed by atoms with van der Waals surface area (Å²) in [4.78, 5) is 0. The first-order chi connectivity index (χ1) is 9.22. The molecule has 2 nitrogen and oxygen atoms in total. The van der Waals surface area contributed by atoms with Crippen LogP contribution >= 0.6 is 0 Å². The Kier molecular flexibility index (Phi) is 2.17. The van der Waals surface area contributed by atoms with Gasteiger partial charge in [-0.3, -0.25) is 0 Å². The van der Waals surface area contributed by atoms with E-state index in [0.717, 1.165) is 21.8 Å². The predicted molar refractivity (Wildman–Crippen MR) is 69.1 cm³/mol. The average Bonchev–Trinajstić information content (AvgIpc) is 3.15. The number of aromatic nitrogens is 1. The van der Waals surface area contributed by atoms with Crippen molar-refractivity contribution < 1.29 is 13.5 Å². The zero-order chi connectivity index (χ0) is 13.0. The standard InChI is InChI=1S/C15H11F2NO/c16-9-1-3-12-13-4-2-10(17)6-15(13)18(14(12)5-9)7-11-8-19-11/h1-6,11H,7-8H2. The fraction of sp³-hybridized carbons (Fsp3) is 0.200. The summed E-state index contributed by atoms with van der Waals surface area (Å²) in [6.45, 7) is 1.35. The van der Waals surface area contributed by atoms with Crippen LogP contribution in [0.1, 0.15) is 0 Å². The lowest BCUT2D eigenvalue weighted by Gasteiger charge is -2.04. The van der Waals surface area contributed by atoms with Crippen LogP contribution in [0.5, 0.6) is 0 Å². The van der Waals surface area contributed by atoms with E-state index >= 15 is 0 Å². The summed E-state index contributed by atoms with van der Waals surface area (Å²) in [5.41, 5.74) is 1.58. The molecule has 0 spiro atoms. The van der Waals surface area contributed by atoms with Crippen molar-refractivity contribution in [3.8, 4) is 0 Å². The number of hydrogen-bond donors (Lipinski definition) is 0. The van der Waals surface area contributed by atoms with Crippen LogP contribution in [-0.4, -0.2) is 17.3 Å². The van der Waals surface area contributed by atoms with Crippen molar-refractivity contribution in [2.24, 2.45) is 0 Å². The lowest BCUT2D eigenvalue weighted by molar-refractivity contribution is 0.387. The molecule has 1 aliphatic rings. The van der Waals surface area contributed by atoms with Gasteiger partial charge in [-0.25, -0.2) is 8.78 Å². The van der Waals surface area contributed by atoms with E-state index in [9.17, 15) is 8.78 Å². The van der Waals surface area contributed by atoms with E-state index < -0.39 is 0 Å². The molecule has 0 saturated carbocycles. The van der Waals surface area contributed by atoms with E-state index in [2.05, 4.69) is 0 Å². The molecule has 1 aromatic heterocycles. The van der Waals surface area contributed by atoms with E-state index in [-0.39, 0.29) is 17.7 Å². The topological polar surface area (TPSA) is 17.5 Å². The first kappa shape index (κ1) is 10.9. The maximum atomic E-state index is 13.5. The van der Waals surface area contributed by atoms with Crippen LogP contribution in [-0.2, 0) is 11.3 Å². The van der Waals surface area contributed by atoms with Crippen LogP contribution in [0.2, 0.25) is 0 Å². The van der Waals surface area contributed by atoms with Crippen molar-refractivity contribution in [2.75, 3.05) is 6.61 Å². The third-order valence-electron chi connectivity index (χ3n) is 3.58. The van der Waals surface area contributed by atoms with Gasteiger partial charge in [0.25, 0.3) is 0 Å². The van der Waals surface area contributed by atoms with Gasteiger partial charge >= 0.3 is 0 Å². The minimum absolute atomic E-state index is 0.158. The number of halogens is 2. The zero-order valence-corrected chi connectivity index (χ0v) is 10.1. The van der Waals surface area contributed by atoms with Gasteiger partial charge in [0.05, 0.1) is 30.3 Å². The number of rotatable bonds is 2. The molecule has 0 N–H and O–H groups in total. The molecule has 19 heavy (non-hydrogen) atoms. The molecule has 1 saturated heterocycles. The van der Waals surface area contributed by atoms with Gasteiger partial charge in [-0.1, -0.05) is 0 Å². The minimum Gasteiger partial charge on any atom is -0.371 e. The summed E-state index contributed by atoms with van der Waals surface area (Å²) in [5.74, 6) is -0.567. The maximum absolute atomic E-state index is 13.5. The monoisotopic (exact) mass is 259 g/mol. The summed E-state index contributed by atoms with van der Waals surface area (Å²) in [7, 11) is 0. The van der Waals surface area contributed by atoms with Crippen LogP contribution < -0.4 is 0 Å². The third kappa shape index (κ3) is 1.71. The van der Waals surface area contributed by atoms with E-state index in [1.54, 1.807) is 12.1 Å². The molecule has 0 aliphatic carbocycles. The Morgan fingerprint density at radius 3 is 2.00 bits per heavy atom. The highest BCUT2D eigenvalue weighted by Gasteiger charge is 2.25. The number of epoxide rings is 1.